The van der Waals surface area contributed by atoms with Crippen molar-refractivity contribution in [3.63, 3.8) is 0 Å². The highest BCUT2D eigenvalue weighted by Crippen LogP contribution is 2.35. The molecule has 0 bridgehead atoms. The van der Waals surface area contributed by atoms with Crippen LogP contribution in [0.15, 0.2) is 24.3 Å². The zero-order chi connectivity index (χ0) is 13.0. The lowest BCUT2D eigenvalue weighted by atomic mass is 10.1. The highest BCUT2D eigenvalue weighted by Gasteiger charge is 2.16. The topological polar surface area (TPSA) is 45.5 Å². The second-order valence-corrected chi connectivity index (χ2v) is 4.05. The molecule has 94 valence electrons. The lowest BCUT2D eigenvalue weighted by Crippen LogP contribution is -2.20. The van der Waals surface area contributed by atoms with E-state index in [-0.39, 0.29) is 0 Å². The summed E-state index contributed by atoms with van der Waals surface area (Å²) < 4.78 is 10.6. The van der Waals surface area contributed by atoms with Crippen molar-refractivity contribution in [2.24, 2.45) is 0 Å². The van der Waals surface area contributed by atoms with E-state index < -0.39 is 0 Å². The minimum atomic E-state index is 0.367. The number of anilines is 1. The van der Waals surface area contributed by atoms with Crippen LogP contribution in [0.2, 0.25) is 0 Å². The standard InChI is InChI=1S/C14H16N2O2/c1-17-13-9-11(5-6-15)12(10-14(13)18-2)16-7-3-4-8-16/h3-4,9-10H,5,7-8H2,1-2H3. The molecule has 0 spiro atoms. The minimum Gasteiger partial charge on any atom is -0.493 e. The molecule has 1 aromatic carbocycles. The Morgan fingerprint density at radius 3 is 2.33 bits per heavy atom. The zero-order valence-corrected chi connectivity index (χ0v) is 10.6. The Hall–Kier alpha value is -2.15. The van der Waals surface area contributed by atoms with E-state index in [2.05, 4.69) is 23.1 Å². The molecule has 18 heavy (non-hydrogen) atoms. The summed E-state index contributed by atoms with van der Waals surface area (Å²) in [5.74, 6) is 1.36. The molecule has 0 radical (unpaired) electrons. The fourth-order valence-corrected chi connectivity index (χ4v) is 2.11. The molecule has 1 aliphatic rings. The van der Waals surface area contributed by atoms with Crippen LogP contribution in [0.5, 0.6) is 11.5 Å². The molecule has 2 rings (SSSR count). The van der Waals surface area contributed by atoms with Gasteiger partial charge in [-0.1, -0.05) is 12.2 Å². The quantitative estimate of drug-likeness (QED) is 0.761. The summed E-state index contributed by atoms with van der Waals surface area (Å²) in [6, 6.07) is 6.02. The van der Waals surface area contributed by atoms with Crippen molar-refractivity contribution in [1.29, 1.82) is 5.26 Å². The molecular weight excluding hydrogens is 228 g/mol. The molecule has 0 unspecified atom stereocenters. The first-order valence-electron chi connectivity index (χ1n) is 5.82. The molecule has 1 aliphatic heterocycles. The molecule has 1 aromatic rings. The first-order chi connectivity index (χ1) is 8.80. The van der Waals surface area contributed by atoms with Gasteiger partial charge in [-0.25, -0.2) is 0 Å². The summed E-state index contributed by atoms with van der Waals surface area (Å²) in [6.07, 6.45) is 4.60. The van der Waals surface area contributed by atoms with E-state index in [1.54, 1.807) is 14.2 Å². The number of ether oxygens (including phenoxy) is 2. The average Bonchev–Trinajstić information content (AvgIpc) is 2.92. The van der Waals surface area contributed by atoms with Crippen LogP contribution in [0.3, 0.4) is 0 Å². The van der Waals surface area contributed by atoms with Gasteiger partial charge in [0.2, 0.25) is 0 Å². The van der Waals surface area contributed by atoms with Gasteiger partial charge in [-0.15, -0.1) is 0 Å². The van der Waals surface area contributed by atoms with Crippen molar-refractivity contribution in [2.45, 2.75) is 6.42 Å². The fraction of sp³-hybridized carbons (Fsp3) is 0.357. The van der Waals surface area contributed by atoms with Gasteiger partial charge < -0.3 is 14.4 Å². The van der Waals surface area contributed by atoms with Gasteiger partial charge in [-0.2, -0.15) is 5.26 Å². The average molecular weight is 244 g/mol. The Morgan fingerprint density at radius 1 is 1.17 bits per heavy atom. The Kier molecular flexibility index (Phi) is 3.73. The number of nitrogens with zero attached hydrogens (tertiary/aromatic N) is 2. The minimum absolute atomic E-state index is 0.367. The highest BCUT2D eigenvalue weighted by molar-refractivity contribution is 5.64. The van der Waals surface area contributed by atoms with E-state index in [9.17, 15) is 0 Å². The lowest BCUT2D eigenvalue weighted by Gasteiger charge is -2.22. The Labute approximate surface area is 107 Å². The number of nitriles is 1. The first-order valence-corrected chi connectivity index (χ1v) is 5.82. The van der Waals surface area contributed by atoms with Crippen LogP contribution in [0, 0.1) is 11.3 Å². The predicted molar refractivity (Wildman–Crippen MR) is 70.2 cm³/mol. The number of methoxy groups -OCH3 is 2. The summed E-state index contributed by atoms with van der Waals surface area (Å²) in [5, 5.41) is 8.92. The summed E-state index contributed by atoms with van der Waals surface area (Å²) in [7, 11) is 3.22. The molecular formula is C14H16N2O2. The molecule has 0 saturated carbocycles. The van der Waals surface area contributed by atoms with E-state index in [0.717, 1.165) is 24.3 Å². The molecule has 4 heteroatoms. The highest BCUT2D eigenvalue weighted by atomic mass is 16.5. The monoisotopic (exact) mass is 244 g/mol. The van der Waals surface area contributed by atoms with Gasteiger partial charge in [0.15, 0.2) is 11.5 Å². The largest absolute Gasteiger partial charge is 0.493 e. The van der Waals surface area contributed by atoms with Crippen LogP contribution in [0.1, 0.15) is 5.56 Å². The molecule has 0 amide bonds. The van der Waals surface area contributed by atoms with Gasteiger partial charge in [0.25, 0.3) is 0 Å². The summed E-state index contributed by atoms with van der Waals surface area (Å²) in [6.45, 7) is 1.74. The zero-order valence-electron chi connectivity index (χ0n) is 10.6. The number of hydrogen-bond acceptors (Lipinski definition) is 4. The molecule has 4 nitrogen and oxygen atoms in total. The third kappa shape index (κ3) is 2.25. The van der Waals surface area contributed by atoms with Crippen molar-refractivity contribution in [1.82, 2.24) is 0 Å². The smallest absolute Gasteiger partial charge is 0.162 e. The van der Waals surface area contributed by atoms with Crippen LogP contribution in [0.25, 0.3) is 0 Å². The van der Waals surface area contributed by atoms with Crippen LogP contribution >= 0.6 is 0 Å². The van der Waals surface area contributed by atoms with E-state index >= 15 is 0 Å². The van der Waals surface area contributed by atoms with Crippen LogP contribution in [-0.2, 0) is 6.42 Å². The third-order valence-corrected chi connectivity index (χ3v) is 3.01. The maximum absolute atomic E-state index is 8.92. The van der Waals surface area contributed by atoms with Gasteiger partial charge in [-0.3, -0.25) is 0 Å². The maximum atomic E-state index is 8.92. The van der Waals surface area contributed by atoms with Gasteiger partial charge in [0.1, 0.15) is 0 Å². The Morgan fingerprint density at radius 2 is 1.78 bits per heavy atom. The van der Waals surface area contributed by atoms with Gasteiger partial charge in [-0.05, 0) is 11.6 Å². The Balaban J connectivity index is 2.44. The maximum Gasteiger partial charge on any atom is 0.162 e. The van der Waals surface area contributed by atoms with Crippen molar-refractivity contribution in [2.75, 3.05) is 32.2 Å². The van der Waals surface area contributed by atoms with Crippen molar-refractivity contribution in [3.05, 3.63) is 29.8 Å². The fourth-order valence-electron chi connectivity index (χ4n) is 2.11. The molecule has 0 saturated heterocycles. The molecule has 0 aromatic heterocycles. The van der Waals surface area contributed by atoms with Crippen molar-refractivity contribution in [3.8, 4) is 17.6 Å². The molecule has 0 fully saturated rings. The van der Waals surface area contributed by atoms with Crippen LogP contribution < -0.4 is 14.4 Å². The Bertz CT molecular complexity index is 495. The SMILES string of the molecule is COc1cc(CC#N)c(N2CC=CC2)cc1OC. The van der Waals surface area contributed by atoms with Crippen LogP contribution in [-0.4, -0.2) is 27.3 Å². The van der Waals surface area contributed by atoms with E-state index in [4.69, 9.17) is 14.7 Å². The van der Waals surface area contributed by atoms with Crippen molar-refractivity contribution < 1.29 is 9.47 Å². The molecule has 0 aliphatic carbocycles. The molecule has 0 N–H and O–H groups in total. The molecule has 1 heterocycles. The van der Waals surface area contributed by atoms with E-state index in [0.29, 0.717) is 17.9 Å². The van der Waals surface area contributed by atoms with E-state index in [1.165, 1.54) is 0 Å². The summed E-state index contributed by atoms with van der Waals surface area (Å²) in [5.41, 5.74) is 2.01. The summed E-state index contributed by atoms with van der Waals surface area (Å²) in [4.78, 5) is 2.20. The molecule has 0 atom stereocenters. The van der Waals surface area contributed by atoms with Gasteiger partial charge in [0, 0.05) is 24.8 Å². The summed E-state index contributed by atoms with van der Waals surface area (Å²) >= 11 is 0. The lowest BCUT2D eigenvalue weighted by molar-refractivity contribution is 0.354. The predicted octanol–water partition coefficient (Wildman–Crippen LogP) is 2.15. The number of benzene rings is 1. The first kappa shape index (κ1) is 12.3. The third-order valence-electron chi connectivity index (χ3n) is 3.01. The van der Waals surface area contributed by atoms with Crippen LogP contribution in [0.4, 0.5) is 5.69 Å². The second-order valence-electron chi connectivity index (χ2n) is 4.05. The number of hydrogen-bond donors (Lipinski definition) is 0. The second kappa shape index (κ2) is 5.46. The normalized spacial score (nSPS) is 13.5. The van der Waals surface area contributed by atoms with Gasteiger partial charge >= 0.3 is 0 Å². The number of rotatable bonds is 4. The van der Waals surface area contributed by atoms with Gasteiger partial charge in [0.05, 0.1) is 26.7 Å². The van der Waals surface area contributed by atoms with Crippen molar-refractivity contribution >= 4 is 5.69 Å². The van der Waals surface area contributed by atoms with E-state index in [1.807, 2.05) is 12.1 Å².